The van der Waals surface area contributed by atoms with Crippen molar-refractivity contribution >= 4 is 16.7 Å². The molecule has 5 rings (SSSR count). The first kappa shape index (κ1) is 20.9. The van der Waals surface area contributed by atoms with Gasteiger partial charge in [-0.15, -0.1) is 0 Å². The number of ether oxygens (including phenoxy) is 1. The van der Waals surface area contributed by atoms with Crippen LogP contribution in [0.2, 0.25) is 0 Å². The third-order valence-electron chi connectivity index (χ3n) is 6.07. The molecule has 0 unspecified atom stereocenters. The molecular weight excluding hydrogens is 416 g/mol. The normalized spacial score (nSPS) is 18.2. The van der Waals surface area contributed by atoms with Crippen LogP contribution in [-0.2, 0) is 7.05 Å². The van der Waals surface area contributed by atoms with Crippen molar-refractivity contribution in [3.63, 3.8) is 0 Å². The number of nitriles is 1. The predicted octanol–water partition coefficient (Wildman–Crippen LogP) is 4.09. The molecule has 168 valence electrons. The molecule has 1 aliphatic rings. The summed E-state index contributed by atoms with van der Waals surface area (Å²) in [4.78, 5) is 8.83. The molecule has 0 bridgehead atoms. The van der Waals surface area contributed by atoms with E-state index < -0.39 is 0 Å². The number of pyridine rings is 2. The number of nitrogens with zero attached hydrogens (tertiary/aromatic N) is 7. The van der Waals surface area contributed by atoms with Crippen molar-refractivity contribution in [3.05, 3.63) is 48.5 Å². The van der Waals surface area contributed by atoms with Crippen molar-refractivity contribution in [2.45, 2.75) is 44.8 Å². The maximum atomic E-state index is 9.10. The van der Waals surface area contributed by atoms with Gasteiger partial charge in [0.2, 0.25) is 5.88 Å². The van der Waals surface area contributed by atoms with Crippen molar-refractivity contribution in [3.8, 4) is 23.2 Å². The first-order valence-corrected chi connectivity index (χ1v) is 11.3. The van der Waals surface area contributed by atoms with E-state index in [0.29, 0.717) is 11.4 Å². The van der Waals surface area contributed by atoms with Crippen LogP contribution in [0.5, 0.6) is 5.88 Å². The Labute approximate surface area is 192 Å². The summed E-state index contributed by atoms with van der Waals surface area (Å²) in [5.41, 5.74) is 3.53. The minimum atomic E-state index is 0.0845. The third kappa shape index (κ3) is 4.24. The summed E-state index contributed by atoms with van der Waals surface area (Å²) in [7, 11) is 1.91. The van der Waals surface area contributed by atoms with Crippen LogP contribution in [0.4, 0.5) is 5.82 Å². The molecule has 0 radical (unpaired) electrons. The zero-order valence-corrected chi connectivity index (χ0v) is 18.8. The van der Waals surface area contributed by atoms with Gasteiger partial charge in [-0.2, -0.15) is 15.5 Å². The molecule has 4 aromatic rings. The fraction of sp³-hybridized carbons (Fsp3) is 0.375. The van der Waals surface area contributed by atoms with E-state index in [1.165, 1.54) is 0 Å². The van der Waals surface area contributed by atoms with Crippen LogP contribution >= 0.6 is 0 Å². The molecule has 0 aliphatic heterocycles. The summed E-state index contributed by atoms with van der Waals surface area (Å²) < 4.78 is 10.0. The van der Waals surface area contributed by atoms with Crippen molar-refractivity contribution in [1.82, 2.24) is 29.5 Å². The van der Waals surface area contributed by atoms with E-state index in [0.717, 1.165) is 60.2 Å². The Balaban J connectivity index is 1.40. The number of fused-ring (bicyclic) bond motifs is 1. The van der Waals surface area contributed by atoms with Crippen molar-refractivity contribution in [2.75, 3.05) is 11.9 Å². The molecule has 33 heavy (non-hydrogen) atoms. The lowest BCUT2D eigenvalue weighted by Gasteiger charge is -2.29. The number of aromatic nitrogens is 6. The molecule has 0 saturated heterocycles. The van der Waals surface area contributed by atoms with Crippen LogP contribution in [-0.4, -0.2) is 42.2 Å². The molecule has 0 aromatic carbocycles. The molecular formula is C24H26N8O. The van der Waals surface area contributed by atoms with Crippen LogP contribution < -0.4 is 10.1 Å². The lowest BCUT2D eigenvalue weighted by molar-refractivity contribution is 0.126. The minimum Gasteiger partial charge on any atom is -0.474 e. The molecule has 1 aliphatic carbocycles. The van der Waals surface area contributed by atoms with Gasteiger partial charge in [-0.1, -0.05) is 0 Å². The molecule has 4 heterocycles. The predicted molar refractivity (Wildman–Crippen MR) is 125 cm³/mol. The van der Waals surface area contributed by atoms with Gasteiger partial charge >= 0.3 is 0 Å². The number of hydrogen-bond acceptors (Lipinski definition) is 7. The highest BCUT2D eigenvalue weighted by Gasteiger charge is 2.27. The Kier molecular flexibility index (Phi) is 5.65. The van der Waals surface area contributed by atoms with Gasteiger partial charge in [0.15, 0.2) is 0 Å². The average molecular weight is 443 g/mol. The third-order valence-corrected chi connectivity index (χ3v) is 6.07. The van der Waals surface area contributed by atoms with E-state index in [1.54, 1.807) is 23.0 Å². The van der Waals surface area contributed by atoms with E-state index in [-0.39, 0.29) is 12.1 Å². The zero-order chi connectivity index (χ0) is 22.8. The van der Waals surface area contributed by atoms with E-state index in [9.17, 15) is 0 Å². The maximum Gasteiger partial charge on any atom is 0.214 e. The van der Waals surface area contributed by atoms with Gasteiger partial charge in [-0.25, -0.2) is 9.97 Å². The molecule has 4 aromatic heterocycles. The van der Waals surface area contributed by atoms with Gasteiger partial charge in [0.25, 0.3) is 0 Å². The number of anilines is 1. The molecule has 1 saturated carbocycles. The summed E-state index contributed by atoms with van der Waals surface area (Å²) in [5.74, 6) is 1.37. The highest BCUT2D eigenvalue weighted by Crippen LogP contribution is 2.36. The Hall–Kier alpha value is -3.93. The minimum absolute atomic E-state index is 0.0845. The summed E-state index contributed by atoms with van der Waals surface area (Å²) in [6.45, 7) is 2.87. The quantitative estimate of drug-likeness (QED) is 0.479. The standard InChI is InChI=1S/C24H26N8O/c1-3-26-22-11-21-20(14-28-22)24(17-13-29-31(2)15-17)30-32(21)18-4-6-19(7-5-18)33-23-10-16(12-25)8-9-27-23/h8-11,13-15,18-19H,3-7H2,1-2H3,(H,26,28)/t18-,19+. The topological polar surface area (TPSA) is 106 Å². The van der Waals surface area contributed by atoms with Crippen molar-refractivity contribution in [2.24, 2.45) is 7.05 Å². The average Bonchev–Trinajstić information content (AvgIpc) is 3.43. The van der Waals surface area contributed by atoms with Crippen LogP contribution in [0, 0.1) is 11.3 Å². The van der Waals surface area contributed by atoms with Crippen LogP contribution in [0.25, 0.3) is 22.2 Å². The largest absolute Gasteiger partial charge is 0.474 e. The van der Waals surface area contributed by atoms with Gasteiger partial charge in [0, 0.05) is 55.3 Å². The molecule has 0 atom stereocenters. The van der Waals surface area contributed by atoms with Gasteiger partial charge < -0.3 is 10.1 Å². The monoisotopic (exact) mass is 442 g/mol. The Morgan fingerprint density at radius 2 is 2.03 bits per heavy atom. The molecule has 9 nitrogen and oxygen atoms in total. The second kappa shape index (κ2) is 8.90. The smallest absolute Gasteiger partial charge is 0.214 e. The van der Waals surface area contributed by atoms with Gasteiger partial charge in [0.05, 0.1) is 29.4 Å². The number of aryl methyl sites for hydroxylation is 1. The highest BCUT2D eigenvalue weighted by molar-refractivity contribution is 5.93. The number of hydrogen-bond donors (Lipinski definition) is 1. The van der Waals surface area contributed by atoms with Crippen molar-refractivity contribution < 1.29 is 4.74 Å². The second-order valence-electron chi connectivity index (χ2n) is 8.36. The fourth-order valence-corrected chi connectivity index (χ4v) is 4.47. The van der Waals surface area contributed by atoms with E-state index in [4.69, 9.17) is 15.1 Å². The SMILES string of the molecule is CCNc1cc2c(cn1)c(-c1cnn(C)c1)nn2[C@H]1CC[C@@H](Oc2cc(C#N)ccn2)CC1. The van der Waals surface area contributed by atoms with E-state index in [2.05, 4.69) is 44.1 Å². The first-order valence-electron chi connectivity index (χ1n) is 11.3. The Bertz CT molecular complexity index is 1310. The highest BCUT2D eigenvalue weighted by atomic mass is 16.5. The van der Waals surface area contributed by atoms with Gasteiger partial charge in [-0.3, -0.25) is 9.36 Å². The Morgan fingerprint density at radius 3 is 2.76 bits per heavy atom. The van der Waals surface area contributed by atoms with Gasteiger partial charge in [0.1, 0.15) is 17.6 Å². The summed E-state index contributed by atoms with van der Waals surface area (Å²) in [6.07, 6.45) is 11.1. The lowest BCUT2D eigenvalue weighted by Crippen LogP contribution is -2.26. The summed E-state index contributed by atoms with van der Waals surface area (Å²) >= 11 is 0. The molecule has 1 fully saturated rings. The van der Waals surface area contributed by atoms with E-state index >= 15 is 0 Å². The Morgan fingerprint density at radius 1 is 1.18 bits per heavy atom. The fourth-order valence-electron chi connectivity index (χ4n) is 4.47. The van der Waals surface area contributed by atoms with E-state index in [1.807, 2.05) is 25.6 Å². The summed E-state index contributed by atoms with van der Waals surface area (Å²) in [6, 6.07) is 7.87. The zero-order valence-electron chi connectivity index (χ0n) is 18.8. The summed E-state index contributed by atoms with van der Waals surface area (Å²) in [5, 5.41) is 22.8. The molecule has 0 amide bonds. The van der Waals surface area contributed by atoms with Crippen LogP contribution in [0.15, 0.2) is 43.0 Å². The van der Waals surface area contributed by atoms with Crippen LogP contribution in [0.3, 0.4) is 0 Å². The van der Waals surface area contributed by atoms with Crippen molar-refractivity contribution in [1.29, 1.82) is 5.26 Å². The van der Waals surface area contributed by atoms with Crippen LogP contribution in [0.1, 0.15) is 44.2 Å². The lowest BCUT2D eigenvalue weighted by atomic mass is 9.93. The number of nitrogens with one attached hydrogen (secondary N) is 1. The molecule has 1 N–H and O–H groups in total. The molecule has 9 heteroatoms. The second-order valence-corrected chi connectivity index (χ2v) is 8.36. The maximum absolute atomic E-state index is 9.10. The number of rotatable bonds is 6. The molecule has 0 spiro atoms. The van der Waals surface area contributed by atoms with Gasteiger partial charge in [-0.05, 0) is 38.7 Å². The first-order chi connectivity index (χ1) is 16.1.